The number of methoxy groups -OCH3 is 1. The molecule has 6 heteroatoms. The Morgan fingerprint density at radius 3 is 2.84 bits per heavy atom. The zero-order chi connectivity index (χ0) is 22.0. The molecule has 2 aromatic rings. The molecule has 2 heterocycles. The summed E-state index contributed by atoms with van der Waals surface area (Å²) in [7, 11) is 1.46. The van der Waals surface area contributed by atoms with E-state index in [0.717, 1.165) is 50.3 Å². The number of hydrogen-bond acceptors (Lipinski definition) is 6. The average molecular weight is 425 g/mol. The molecule has 0 atom stereocenters. The minimum atomic E-state index is -0.0932. The molecule has 0 amide bonds. The number of fused-ring (bicyclic) bond motifs is 1. The van der Waals surface area contributed by atoms with Gasteiger partial charge in [-0.3, -0.25) is 9.69 Å². The molecule has 31 heavy (non-hydrogen) atoms. The summed E-state index contributed by atoms with van der Waals surface area (Å²) in [4.78, 5) is 18.4. The molecule has 0 spiro atoms. The van der Waals surface area contributed by atoms with Gasteiger partial charge < -0.3 is 13.9 Å². The smallest absolute Gasteiger partial charge is 0.311 e. The van der Waals surface area contributed by atoms with E-state index >= 15 is 0 Å². The van der Waals surface area contributed by atoms with Crippen LogP contribution in [0.25, 0.3) is 5.57 Å². The van der Waals surface area contributed by atoms with Gasteiger partial charge in [-0.2, -0.15) is 0 Å². The SMILES string of the molecule is COC(=O)C1CN(CC2=C(C)c3ccc(OCc4nc(CC(C)C)co4)cc3CC2)C1. The van der Waals surface area contributed by atoms with Crippen LogP contribution in [0, 0.1) is 11.8 Å². The minimum absolute atomic E-state index is 0.0339. The second kappa shape index (κ2) is 9.27. The van der Waals surface area contributed by atoms with Crippen LogP contribution in [0.1, 0.15) is 49.9 Å². The van der Waals surface area contributed by atoms with E-state index in [2.05, 4.69) is 42.8 Å². The van der Waals surface area contributed by atoms with Crippen molar-refractivity contribution >= 4 is 11.5 Å². The molecule has 1 aromatic heterocycles. The van der Waals surface area contributed by atoms with Crippen molar-refractivity contribution in [1.82, 2.24) is 9.88 Å². The number of esters is 1. The Labute approximate surface area is 184 Å². The van der Waals surface area contributed by atoms with Crippen molar-refractivity contribution in [1.29, 1.82) is 0 Å². The largest absolute Gasteiger partial charge is 0.484 e. The fourth-order valence-corrected chi connectivity index (χ4v) is 4.45. The Hall–Kier alpha value is -2.60. The molecule has 166 valence electrons. The highest BCUT2D eigenvalue weighted by atomic mass is 16.5. The third-order valence-electron chi connectivity index (χ3n) is 6.19. The number of oxazole rings is 1. The molecule has 1 aromatic carbocycles. The van der Waals surface area contributed by atoms with Gasteiger partial charge in [-0.05, 0) is 60.9 Å². The number of rotatable bonds is 8. The minimum Gasteiger partial charge on any atom is -0.484 e. The van der Waals surface area contributed by atoms with E-state index in [9.17, 15) is 4.79 Å². The normalized spacial score (nSPS) is 16.9. The van der Waals surface area contributed by atoms with Crippen LogP contribution in [0.2, 0.25) is 0 Å². The van der Waals surface area contributed by atoms with E-state index in [-0.39, 0.29) is 11.9 Å². The first-order valence-electron chi connectivity index (χ1n) is 11.1. The van der Waals surface area contributed by atoms with Crippen molar-refractivity contribution in [3.05, 3.63) is 52.7 Å². The van der Waals surface area contributed by atoms with Gasteiger partial charge in [0.05, 0.1) is 18.7 Å². The van der Waals surface area contributed by atoms with Gasteiger partial charge in [-0.25, -0.2) is 4.98 Å². The summed E-state index contributed by atoms with van der Waals surface area (Å²) < 4.78 is 16.3. The van der Waals surface area contributed by atoms with Crippen molar-refractivity contribution in [3.8, 4) is 5.75 Å². The lowest BCUT2D eigenvalue weighted by molar-refractivity contribution is -0.151. The van der Waals surface area contributed by atoms with Gasteiger partial charge in [0.2, 0.25) is 5.89 Å². The molecule has 1 saturated heterocycles. The zero-order valence-corrected chi connectivity index (χ0v) is 18.9. The fourth-order valence-electron chi connectivity index (χ4n) is 4.45. The number of likely N-dealkylation sites (tertiary alicyclic amines) is 1. The molecule has 0 N–H and O–H groups in total. The third kappa shape index (κ3) is 5.01. The van der Waals surface area contributed by atoms with Crippen LogP contribution in [0.15, 0.2) is 34.5 Å². The van der Waals surface area contributed by atoms with Gasteiger partial charge >= 0.3 is 5.97 Å². The first-order chi connectivity index (χ1) is 14.9. The molecule has 1 aliphatic heterocycles. The number of carbonyl (C=O) groups is 1. The summed E-state index contributed by atoms with van der Waals surface area (Å²) in [5.41, 5.74) is 6.41. The van der Waals surface area contributed by atoms with Crippen molar-refractivity contribution in [2.24, 2.45) is 11.8 Å². The van der Waals surface area contributed by atoms with Crippen molar-refractivity contribution in [2.45, 2.75) is 46.6 Å². The molecular weight excluding hydrogens is 392 g/mol. The van der Waals surface area contributed by atoms with Crippen LogP contribution in [0.3, 0.4) is 0 Å². The molecule has 0 radical (unpaired) electrons. The second-order valence-corrected chi connectivity index (χ2v) is 9.08. The van der Waals surface area contributed by atoms with Gasteiger partial charge in [0, 0.05) is 19.6 Å². The third-order valence-corrected chi connectivity index (χ3v) is 6.19. The molecule has 1 fully saturated rings. The molecule has 0 unspecified atom stereocenters. The van der Waals surface area contributed by atoms with Gasteiger partial charge in [-0.1, -0.05) is 25.5 Å². The molecule has 0 saturated carbocycles. The lowest BCUT2D eigenvalue weighted by Crippen LogP contribution is -2.51. The average Bonchev–Trinajstić information content (AvgIpc) is 3.16. The number of benzene rings is 1. The molecular formula is C25H32N2O4. The van der Waals surface area contributed by atoms with E-state index in [1.807, 2.05) is 6.07 Å². The number of nitrogens with zero attached hydrogens (tertiary/aromatic N) is 2. The fraction of sp³-hybridized carbons (Fsp3) is 0.520. The summed E-state index contributed by atoms with van der Waals surface area (Å²) in [5.74, 6) is 1.96. The molecule has 2 aliphatic rings. The van der Waals surface area contributed by atoms with Crippen LogP contribution in [-0.4, -0.2) is 42.6 Å². The van der Waals surface area contributed by atoms with Gasteiger partial charge in [0.1, 0.15) is 12.0 Å². The van der Waals surface area contributed by atoms with Crippen LogP contribution in [0.5, 0.6) is 5.75 Å². The van der Waals surface area contributed by atoms with E-state index in [0.29, 0.717) is 18.4 Å². The van der Waals surface area contributed by atoms with E-state index in [4.69, 9.17) is 13.9 Å². The first kappa shape index (κ1) is 21.6. The molecule has 1 aliphatic carbocycles. The van der Waals surface area contributed by atoms with Crippen molar-refractivity contribution in [3.63, 3.8) is 0 Å². The van der Waals surface area contributed by atoms with E-state index < -0.39 is 0 Å². The predicted octanol–water partition coefficient (Wildman–Crippen LogP) is 4.28. The maximum Gasteiger partial charge on any atom is 0.311 e. The number of ether oxygens (including phenoxy) is 2. The highest BCUT2D eigenvalue weighted by Crippen LogP contribution is 2.34. The monoisotopic (exact) mass is 424 g/mol. The standard InChI is InChI=1S/C25H32N2O4/c1-16(2)9-21-14-31-24(26-21)15-30-22-7-8-23-17(3)19(6-5-18(23)10-22)11-27-12-20(13-27)25(28)29-4/h7-8,10,14,16,20H,5-6,9,11-13,15H2,1-4H3. The first-order valence-corrected chi connectivity index (χ1v) is 11.1. The van der Waals surface area contributed by atoms with Gasteiger partial charge in [0.15, 0.2) is 6.61 Å². The Kier molecular flexibility index (Phi) is 6.46. The Morgan fingerprint density at radius 2 is 2.10 bits per heavy atom. The number of aryl methyl sites for hydroxylation is 1. The van der Waals surface area contributed by atoms with Crippen LogP contribution < -0.4 is 4.74 Å². The van der Waals surface area contributed by atoms with E-state index in [1.165, 1.54) is 29.4 Å². The highest BCUT2D eigenvalue weighted by Gasteiger charge is 2.34. The summed E-state index contributed by atoms with van der Waals surface area (Å²) >= 11 is 0. The second-order valence-electron chi connectivity index (χ2n) is 9.08. The summed E-state index contributed by atoms with van der Waals surface area (Å²) in [5, 5.41) is 0. The van der Waals surface area contributed by atoms with E-state index in [1.54, 1.807) is 6.26 Å². The number of aromatic nitrogens is 1. The number of hydrogen-bond donors (Lipinski definition) is 0. The van der Waals surface area contributed by atoms with Crippen LogP contribution in [0.4, 0.5) is 0 Å². The van der Waals surface area contributed by atoms with Gasteiger partial charge in [-0.15, -0.1) is 0 Å². The van der Waals surface area contributed by atoms with Gasteiger partial charge in [0.25, 0.3) is 0 Å². The lowest BCUT2D eigenvalue weighted by atomic mass is 9.85. The molecule has 0 bridgehead atoms. The van der Waals surface area contributed by atoms with Crippen molar-refractivity contribution in [2.75, 3.05) is 26.7 Å². The van der Waals surface area contributed by atoms with Crippen LogP contribution >= 0.6 is 0 Å². The maximum absolute atomic E-state index is 11.6. The maximum atomic E-state index is 11.6. The molecule has 6 nitrogen and oxygen atoms in total. The quantitative estimate of drug-likeness (QED) is 0.590. The van der Waals surface area contributed by atoms with Crippen molar-refractivity contribution < 1.29 is 18.7 Å². The summed E-state index contributed by atoms with van der Waals surface area (Å²) in [6.07, 6.45) is 4.69. The topological polar surface area (TPSA) is 64.8 Å². The Bertz CT molecular complexity index is 970. The number of carbonyl (C=O) groups excluding carboxylic acids is 1. The predicted molar refractivity (Wildman–Crippen MR) is 119 cm³/mol. The summed E-state index contributed by atoms with van der Waals surface area (Å²) in [6.45, 7) is 9.40. The lowest BCUT2D eigenvalue weighted by Gasteiger charge is -2.39. The summed E-state index contributed by atoms with van der Waals surface area (Å²) in [6, 6.07) is 6.33. The Morgan fingerprint density at radius 1 is 1.29 bits per heavy atom. The van der Waals surface area contributed by atoms with Crippen LogP contribution in [-0.2, 0) is 29.0 Å². The Balaban J connectivity index is 1.35. The molecule has 4 rings (SSSR count). The zero-order valence-electron chi connectivity index (χ0n) is 18.9. The highest BCUT2D eigenvalue weighted by molar-refractivity contribution is 5.74. The number of allylic oxidation sites excluding steroid dienone is 1.